The third-order valence-electron chi connectivity index (χ3n) is 4.00. The van der Waals surface area contributed by atoms with E-state index in [4.69, 9.17) is 4.74 Å². The minimum atomic E-state index is -3.41. The average Bonchev–Trinajstić information content (AvgIpc) is 2.66. The molecule has 0 atom stereocenters. The first-order valence-electron chi connectivity index (χ1n) is 8.23. The highest BCUT2D eigenvalue weighted by molar-refractivity contribution is 7.90. The molecule has 3 aromatic rings. The van der Waals surface area contributed by atoms with Crippen molar-refractivity contribution in [3.63, 3.8) is 0 Å². The molecule has 0 fully saturated rings. The lowest BCUT2D eigenvalue weighted by atomic mass is 10.1. The van der Waals surface area contributed by atoms with E-state index < -0.39 is 28.3 Å². The predicted molar refractivity (Wildman–Crippen MR) is 104 cm³/mol. The number of rotatable bonds is 5. The number of nitrogens with one attached hydrogen (secondary N) is 1. The van der Waals surface area contributed by atoms with E-state index in [1.165, 1.54) is 30.3 Å². The molecule has 0 aliphatic heterocycles. The van der Waals surface area contributed by atoms with Gasteiger partial charge in [-0.15, -0.1) is 0 Å². The number of esters is 1. The maximum Gasteiger partial charge on any atom is 0.342 e. The van der Waals surface area contributed by atoms with Crippen molar-refractivity contribution in [3.05, 3.63) is 66.2 Å². The molecule has 0 aliphatic carbocycles. The van der Waals surface area contributed by atoms with E-state index in [9.17, 15) is 23.1 Å². The molecule has 1 amide bonds. The summed E-state index contributed by atoms with van der Waals surface area (Å²) in [5, 5.41) is 14.0. The lowest BCUT2D eigenvalue weighted by Gasteiger charge is -2.09. The first kappa shape index (κ1) is 19.4. The highest BCUT2D eigenvalue weighted by Crippen LogP contribution is 2.29. The number of sulfone groups is 1. The van der Waals surface area contributed by atoms with Gasteiger partial charge >= 0.3 is 5.97 Å². The molecule has 2 N–H and O–H groups in total. The molecule has 0 aliphatic rings. The number of ether oxygens (including phenoxy) is 1. The maximum atomic E-state index is 12.2. The van der Waals surface area contributed by atoms with Gasteiger partial charge < -0.3 is 15.2 Å². The number of anilines is 1. The van der Waals surface area contributed by atoms with Crippen LogP contribution in [0.15, 0.2) is 65.6 Å². The fourth-order valence-corrected chi connectivity index (χ4v) is 3.30. The van der Waals surface area contributed by atoms with E-state index in [1.54, 1.807) is 24.3 Å². The van der Waals surface area contributed by atoms with Gasteiger partial charge in [0.1, 0.15) is 11.3 Å². The first-order chi connectivity index (χ1) is 13.3. The van der Waals surface area contributed by atoms with Gasteiger partial charge in [-0.1, -0.05) is 36.4 Å². The Morgan fingerprint density at radius 3 is 2.54 bits per heavy atom. The lowest BCUT2D eigenvalue weighted by molar-refractivity contribution is -0.119. The fourth-order valence-electron chi connectivity index (χ4n) is 2.63. The molecule has 28 heavy (non-hydrogen) atoms. The normalized spacial score (nSPS) is 11.2. The lowest BCUT2D eigenvalue weighted by Crippen LogP contribution is -2.21. The third-order valence-corrected chi connectivity index (χ3v) is 5.11. The molecule has 0 radical (unpaired) electrons. The Hall–Kier alpha value is -3.39. The van der Waals surface area contributed by atoms with E-state index in [-0.39, 0.29) is 21.9 Å². The quantitative estimate of drug-likeness (QED) is 0.639. The van der Waals surface area contributed by atoms with Gasteiger partial charge in [0.2, 0.25) is 0 Å². The summed E-state index contributed by atoms with van der Waals surface area (Å²) in [6.07, 6.45) is 1.06. The highest BCUT2D eigenvalue weighted by Gasteiger charge is 2.17. The van der Waals surface area contributed by atoms with E-state index in [2.05, 4.69) is 5.32 Å². The second kappa shape index (κ2) is 7.69. The summed E-state index contributed by atoms with van der Waals surface area (Å²) in [6.45, 7) is -0.589. The van der Waals surface area contributed by atoms with Crippen molar-refractivity contribution in [2.45, 2.75) is 4.90 Å². The predicted octanol–water partition coefficient (Wildman–Crippen LogP) is 2.74. The number of hydrogen-bond acceptors (Lipinski definition) is 6. The van der Waals surface area contributed by atoms with E-state index in [0.717, 1.165) is 11.6 Å². The van der Waals surface area contributed by atoms with Crippen molar-refractivity contribution >= 4 is 38.2 Å². The molecule has 3 rings (SSSR count). The molecule has 0 bridgehead atoms. The molecule has 0 spiro atoms. The van der Waals surface area contributed by atoms with Crippen LogP contribution in [0.25, 0.3) is 10.8 Å². The van der Waals surface area contributed by atoms with Crippen molar-refractivity contribution in [3.8, 4) is 5.75 Å². The number of amides is 1. The molecule has 0 aromatic heterocycles. The summed E-state index contributed by atoms with van der Waals surface area (Å²) in [5.74, 6) is -1.70. The van der Waals surface area contributed by atoms with Crippen LogP contribution < -0.4 is 5.32 Å². The Bertz CT molecular complexity index is 1170. The van der Waals surface area contributed by atoms with Gasteiger partial charge in [0.25, 0.3) is 5.91 Å². The molecule has 0 unspecified atom stereocenters. The Morgan fingerprint density at radius 1 is 1.04 bits per heavy atom. The Kier molecular flexibility index (Phi) is 5.32. The van der Waals surface area contributed by atoms with Crippen LogP contribution >= 0.6 is 0 Å². The van der Waals surface area contributed by atoms with E-state index in [1.807, 2.05) is 6.07 Å². The van der Waals surface area contributed by atoms with Gasteiger partial charge in [-0.3, -0.25) is 4.79 Å². The largest absolute Gasteiger partial charge is 0.506 e. The van der Waals surface area contributed by atoms with Gasteiger partial charge in [0.05, 0.1) is 4.90 Å². The second-order valence-electron chi connectivity index (χ2n) is 6.11. The molecule has 7 nitrogen and oxygen atoms in total. The fraction of sp³-hybridized carbons (Fsp3) is 0.100. The van der Waals surface area contributed by atoms with Crippen LogP contribution in [0.2, 0.25) is 0 Å². The molecule has 0 saturated heterocycles. The standard InChI is InChI=1S/C20H17NO6S/c1-28(25,26)15-7-4-6-14(11-15)21-18(22)12-27-20(24)17-10-9-13-5-2-3-8-16(13)19(17)23/h2-11,23H,12H2,1H3,(H,21,22). The molecular formula is C20H17NO6S. The second-order valence-corrected chi connectivity index (χ2v) is 8.12. The van der Waals surface area contributed by atoms with Crippen molar-refractivity contribution in [1.82, 2.24) is 0 Å². The van der Waals surface area contributed by atoms with Gasteiger partial charge in [-0.25, -0.2) is 13.2 Å². The third kappa shape index (κ3) is 4.29. The number of carbonyl (C=O) groups is 2. The van der Waals surface area contributed by atoms with Crippen LogP contribution in [-0.2, 0) is 19.4 Å². The van der Waals surface area contributed by atoms with Crippen LogP contribution in [0.4, 0.5) is 5.69 Å². The molecular weight excluding hydrogens is 382 g/mol. The Labute approximate surface area is 161 Å². The molecule has 3 aromatic carbocycles. The summed E-state index contributed by atoms with van der Waals surface area (Å²) in [4.78, 5) is 24.3. The van der Waals surface area contributed by atoms with E-state index >= 15 is 0 Å². The Balaban J connectivity index is 1.67. The monoisotopic (exact) mass is 399 g/mol. The highest BCUT2D eigenvalue weighted by atomic mass is 32.2. The number of benzene rings is 3. The zero-order valence-corrected chi connectivity index (χ0v) is 15.7. The molecule has 0 heterocycles. The van der Waals surface area contributed by atoms with Crippen molar-refractivity contribution < 1.29 is 27.9 Å². The zero-order valence-electron chi connectivity index (χ0n) is 14.9. The smallest absolute Gasteiger partial charge is 0.342 e. The van der Waals surface area contributed by atoms with Crippen LogP contribution in [-0.4, -0.2) is 38.3 Å². The van der Waals surface area contributed by atoms with Gasteiger partial charge in [-0.2, -0.15) is 0 Å². The molecule has 144 valence electrons. The maximum absolute atomic E-state index is 12.2. The summed E-state index contributed by atoms with van der Waals surface area (Å²) in [5.41, 5.74) is 0.211. The first-order valence-corrected chi connectivity index (χ1v) is 10.1. The number of phenols is 1. The SMILES string of the molecule is CS(=O)(=O)c1cccc(NC(=O)COC(=O)c2ccc3ccccc3c2O)c1. The van der Waals surface area contributed by atoms with Crippen LogP contribution in [0.3, 0.4) is 0 Å². The van der Waals surface area contributed by atoms with Crippen LogP contribution in [0, 0.1) is 0 Å². The summed E-state index contributed by atoms with van der Waals surface area (Å²) < 4.78 is 28.1. The molecule has 8 heteroatoms. The van der Waals surface area contributed by atoms with E-state index in [0.29, 0.717) is 5.39 Å². The Morgan fingerprint density at radius 2 is 1.79 bits per heavy atom. The number of hydrogen-bond donors (Lipinski definition) is 2. The summed E-state index contributed by atoms with van der Waals surface area (Å²) in [6, 6.07) is 15.8. The minimum absolute atomic E-state index is 0.0504. The van der Waals surface area contributed by atoms with Gasteiger partial charge in [0, 0.05) is 17.3 Å². The van der Waals surface area contributed by atoms with Gasteiger partial charge in [0.15, 0.2) is 16.4 Å². The van der Waals surface area contributed by atoms with Crippen LogP contribution in [0.5, 0.6) is 5.75 Å². The van der Waals surface area contributed by atoms with Crippen molar-refractivity contribution in [2.75, 3.05) is 18.2 Å². The number of phenolic OH excluding ortho intramolecular Hbond substituents is 1. The average molecular weight is 399 g/mol. The van der Waals surface area contributed by atoms with Crippen molar-refractivity contribution in [1.29, 1.82) is 0 Å². The number of carbonyl (C=O) groups excluding carboxylic acids is 2. The minimum Gasteiger partial charge on any atom is -0.506 e. The summed E-state index contributed by atoms with van der Waals surface area (Å²) >= 11 is 0. The molecule has 0 saturated carbocycles. The van der Waals surface area contributed by atoms with Crippen molar-refractivity contribution in [2.24, 2.45) is 0 Å². The number of fused-ring (bicyclic) bond motifs is 1. The summed E-state index contributed by atoms with van der Waals surface area (Å²) in [7, 11) is -3.41. The number of aromatic hydroxyl groups is 1. The van der Waals surface area contributed by atoms with Gasteiger partial charge in [-0.05, 0) is 29.7 Å². The van der Waals surface area contributed by atoms with Crippen LogP contribution in [0.1, 0.15) is 10.4 Å². The topological polar surface area (TPSA) is 110 Å². The zero-order chi connectivity index (χ0) is 20.3.